The quantitative estimate of drug-likeness (QED) is 0.337. The van der Waals surface area contributed by atoms with Gasteiger partial charge in [0.25, 0.3) is 5.91 Å². The molecule has 1 saturated carbocycles. The molecule has 0 bridgehead atoms. The van der Waals surface area contributed by atoms with E-state index in [2.05, 4.69) is 5.32 Å². The molecule has 0 saturated heterocycles. The second-order valence-corrected chi connectivity index (χ2v) is 10.1. The number of amides is 2. The van der Waals surface area contributed by atoms with Crippen molar-refractivity contribution >= 4 is 23.4 Å². The van der Waals surface area contributed by atoms with Crippen LogP contribution in [0.3, 0.4) is 0 Å². The molecule has 2 amide bonds. The average Bonchev–Trinajstić information content (AvgIpc) is 2.95. The van der Waals surface area contributed by atoms with Crippen LogP contribution in [0, 0.1) is 0 Å². The zero-order valence-corrected chi connectivity index (χ0v) is 22.5. The molecule has 6 nitrogen and oxygen atoms in total. The number of carbonyl (C=O) groups is 2. The van der Waals surface area contributed by atoms with Gasteiger partial charge in [-0.2, -0.15) is 0 Å². The zero-order valence-electron chi connectivity index (χ0n) is 21.8. The normalized spacial score (nSPS) is 14.4. The Bertz CT molecular complexity index is 1200. The maximum atomic E-state index is 13.8. The summed E-state index contributed by atoms with van der Waals surface area (Å²) in [6, 6.07) is 23.7. The molecule has 0 aliphatic heterocycles. The Morgan fingerprint density at radius 1 is 0.921 bits per heavy atom. The number of benzene rings is 3. The molecule has 3 aromatic rings. The van der Waals surface area contributed by atoms with Gasteiger partial charge in [0.15, 0.2) is 6.61 Å². The van der Waals surface area contributed by atoms with Crippen LogP contribution in [-0.4, -0.2) is 42.5 Å². The van der Waals surface area contributed by atoms with E-state index >= 15 is 0 Å². The van der Waals surface area contributed by atoms with Crippen LogP contribution in [0.5, 0.6) is 11.5 Å². The lowest BCUT2D eigenvalue weighted by Crippen LogP contribution is -2.53. The van der Waals surface area contributed by atoms with Gasteiger partial charge in [-0.05, 0) is 54.3 Å². The largest absolute Gasteiger partial charge is 0.497 e. The van der Waals surface area contributed by atoms with Crippen LogP contribution in [0.25, 0.3) is 0 Å². The fourth-order valence-electron chi connectivity index (χ4n) is 4.85. The van der Waals surface area contributed by atoms with Crippen molar-refractivity contribution < 1.29 is 19.1 Å². The fourth-order valence-corrected chi connectivity index (χ4v) is 5.03. The van der Waals surface area contributed by atoms with E-state index in [4.69, 9.17) is 21.1 Å². The number of halogens is 1. The van der Waals surface area contributed by atoms with Gasteiger partial charge in [-0.3, -0.25) is 9.59 Å². The maximum absolute atomic E-state index is 13.8. The first kappa shape index (κ1) is 27.5. The van der Waals surface area contributed by atoms with Crippen LogP contribution in [-0.2, 0) is 22.6 Å². The number of hydrogen-bond acceptors (Lipinski definition) is 4. The number of methoxy groups -OCH3 is 1. The first-order valence-corrected chi connectivity index (χ1v) is 13.5. The van der Waals surface area contributed by atoms with Gasteiger partial charge in [-0.15, -0.1) is 0 Å². The van der Waals surface area contributed by atoms with Gasteiger partial charge in [-0.25, -0.2) is 0 Å². The Hall–Kier alpha value is -3.51. The van der Waals surface area contributed by atoms with E-state index in [0.717, 1.165) is 36.8 Å². The van der Waals surface area contributed by atoms with Crippen molar-refractivity contribution in [1.82, 2.24) is 10.2 Å². The van der Waals surface area contributed by atoms with Crippen molar-refractivity contribution in [3.8, 4) is 11.5 Å². The summed E-state index contributed by atoms with van der Waals surface area (Å²) in [7, 11) is 1.61. The SMILES string of the molecule is COc1cccc(CN(C(=O)COc2cccc(Cl)c2)[C@H](Cc2ccccc2)C(=O)NC2CCCCC2)c1. The molecule has 1 fully saturated rings. The van der Waals surface area contributed by atoms with E-state index in [0.29, 0.717) is 22.9 Å². The Balaban J connectivity index is 1.62. The highest BCUT2D eigenvalue weighted by Crippen LogP contribution is 2.22. The highest BCUT2D eigenvalue weighted by atomic mass is 35.5. The molecule has 200 valence electrons. The minimum Gasteiger partial charge on any atom is -0.497 e. The summed E-state index contributed by atoms with van der Waals surface area (Å²) in [5.41, 5.74) is 1.85. The molecule has 0 radical (unpaired) electrons. The number of rotatable bonds is 11. The summed E-state index contributed by atoms with van der Waals surface area (Å²) in [6.45, 7) is 0.0246. The molecule has 1 aliphatic carbocycles. The topological polar surface area (TPSA) is 67.9 Å². The Kier molecular flexibility index (Phi) is 10.0. The number of hydrogen-bond donors (Lipinski definition) is 1. The fraction of sp³-hybridized carbons (Fsp3) is 0.355. The van der Waals surface area contributed by atoms with Crippen molar-refractivity contribution in [2.75, 3.05) is 13.7 Å². The van der Waals surface area contributed by atoms with Crippen LogP contribution in [0.15, 0.2) is 78.9 Å². The average molecular weight is 535 g/mol. The molecule has 0 aromatic heterocycles. The summed E-state index contributed by atoms with van der Waals surface area (Å²) in [4.78, 5) is 29.2. The van der Waals surface area contributed by atoms with Crippen LogP contribution in [0.4, 0.5) is 0 Å². The van der Waals surface area contributed by atoms with Crippen LogP contribution in [0.2, 0.25) is 5.02 Å². The monoisotopic (exact) mass is 534 g/mol. The molecular formula is C31H35ClN2O4. The van der Waals surface area contributed by atoms with Crippen LogP contribution in [0.1, 0.15) is 43.2 Å². The Morgan fingerprint density at radius 3 is 2.37 bits per heavy atom. The molecule has 1 atom stereocenters. The Labute approximate surface area is 229 Å². The number of carbonyl (C=O) groups excluding carboxylic acids is 2. The second-order valence-electron chi connectivity index (χ2n) is 9.67. The molecule has 7 heteroatoms. The van der Waals surface area contributed by atoms with E-state index in [9.17, 15) is 9.59 Å². The second kappa shape index (κ2) is 13.9. The summed E-state index contributed by atoms with van der Waals surface area (Å²) in [6.07, 6.45) is 5.73. The smallest absolute Gasteiger partial charge is 0.261 e. The summed E-state index contributed by atoms with van der Waals surface area (Å²) in [5.74, 6) is 0.766. The van der Waals surface area contributed by atoms with Gasteiger partial charge in [0.05, 0.1) is 7.11 Å². The van der Waals surface area contributed by atoms with Gasteiger partial charge in [0.1, 0.15) is 17.5 Å². The standard InChI is InChI=1S/C31H35ClN2O4/c1-37-27-16-8-12-24(18-27)21-34(30(35)22-38-28-17-9-13-25(32)20-28)29(19-23-10-4-2-5-11-23)31(36)33-26-14-6-3-7-15-26/h2,4-5,8-13,16-18,20,26,29H,3,6-7,14-15,19,21-22H2,1H3,(H,33,36)/t29-/m1/s1. The molecule has 1 aliphatic rings. The van der Waals surface area contributed by atoms with Gasteiger partial charge in [0.2, 0.25) is 5.91 Å². The molecule has 0 spiro atoms. The lowest BCUT2D eigenvalue weighted by atomic mass is 9.94. The zero-order chi connectivity index (χ0) is 26.7. The molecule has 4 rings (SSSR count). The number of nitrogens with zero attached hydrogens (tertiary/aromatic N) is 1. The first-order valence-electron chi connectivity index (χ1n) is 13.2. The third-order valence-electron chi connectivity index (χ3n) is 6.87. The van der Waals surface area contributed by atoms with Crippen molar-refractivity contribution in [3.63, 3.8) is 0 Å². The van der Waals surface area contributed by atoms with Crippen molar-refractivity contribution in [2.45, 2.75) is 57.2 Å². The molecular weight excluding hydrogens is 500 g/mol. The van der Waals surface area contributed by atoms with Gasteiger partial charge < -0.3 is 19.7 Å². The van der Waals surface area contributed by atoms with Gasteiger partial charge in [-0.1, -0.05) is 79.4 Å². The van der Waals surface area contributed by atoms with Crippen LogP contribution >= 0.6 is 11.6 Å². The Morgan fingerprint density at radius 2 is 1.63 bits per heavy atom. The first-order chi connectivity index (χ1) is 18.5. The van der Waals surface area contributed by atoms with Crippen molar-refractivity contribution in [3.05, 3.63) is 95.0 Å². The lowest BCUT2D eigenvalue weighted by molar-refractivity contribution is -0.143. The van der Waals surface area contributed by atoms with E-state index in [1.54, 1.807) is 36.3 Å². The van der Waals surface area contributed by atoms with Crippen molar-refractivity contribution in [1.29, 1.82) is 0 Å². The molecule has 0 unspecified atom stereocenters. The third kappa shape index (κ3) is 7.99. The van der Waals surface area contributed by atoms with Gasteiger partial charge in [0, 0.05) is 24.0 Å². The minimum atomic E-state index is -0.707. The molecule has 0 heterocycles. The minimum absolute atomic E-state index is 0.131. The third-order valence-corrected chi connectivity index (χ3v) is 7.10. The highest BCUT2D eigenvalue weighted by Gasteiger charge is 2.32. The van der Waals surface area contributed by atoms with Crippen molar-refractivity contribution in [2.24, 2.45) is 0 Å². The van der Waals surface area contributed by atoms with E-state index in [1.165, 1.54) is 6.42 Å². The maximum Gasteiger partial charge on any atom is 0.261 e. The molecule has 1 N–H and O–H groups in total. The van der Waals surface area contributed by atoms with E-state index < -0.39 is 6.04 Å². The molecule has 3 aromatic carbocycles. The predicted octanol–water partition coefficient (Wildman–Crippen LogP) is 5.82. The lowest BCUT2D eigenvalue weighted by Gasteiger charge is -2.33. The van der Waals surface area contributed by atoms with Gasteiger partial charge >= 0.3 is 0 Å². The van der Waals surface area contributed by atoms with Crippen LogP contribution < -0.4 is 14.8 Å². The summed E-state index contributed by atoms with van der Waals surface area (Å²) >= 11 is 6.09. The summed E-state index contributed by atoms with van der Waals surface area (Å²) < 4.78 is 11.2. The van der Waals surface area contributed by atoms with E-state index in [1.807, 2.05) is 54.6 Å². The number of ether oxygens (including phenoxy) is 2. The predicted molar refractivity (Wildman–Crippen MR) is 149 cm³/mol. The van der Waals surface area contributed by atoms with E-state index in [-0.39, 0.29) is 31.0 Å². The molecule has 38 heavy (non-hydrogen) atoms. The number of nitrogens with one attached hydrogen (secondary N) is 1. The highest BCUT2D eigenvalue weighted by molar-refractivity contribution is 6.30. The summed E-state index contributed by atoms with van der Waals surface area (Å²) in [5, 5.41) is 3.77.